The molecule has 0 spiro atoms. The van der Waals surface area contributed by atoms with Crippen molar-refractivity contribution in [3.05, 3.63) is 28.8 Å². The van der Waals surface area contributed by atoms with Gasteiger partial charge in [-0.3, -0.25) is 4.79 Å². The number of rotatable bonds is 7. The van der Waals surface area contributed by atoms with E-state index in [4.69, 9.17) is 9.47 Å². The minimum atomic E-state index is -0.141. The number of aryl methyl sites for hydroxylation is 2. The second-order valence-corrected chi connectivity index (χ2v) is 8.37. The van der Waals surface area contributed by atoms with Gasteiger partial charge in [0.05, 0.1) is 25.7 Å². The van der Waals surface area contributed by atoms with E-state index in [0.717, 1.165) is 25.0 Å². The number of tetrazole rings is 1. The number of methoxy groups -OCH3 is 2. The van der Waals surface area contributed by atoms with E-state index in [-0.39, 0.29) is 11.7 Å². The molecule has 0 bridgehead atoms. The summed E-state index contributed by atoms with van der Waals surface area (Å²) in [5.41, 5.74) is 1.79. The van der Waals surface area contributed by atoms with Crippen LogP contribution in [-0.2, 0) is 17.6 Å². The standard InChI is InChI=1S/C18H20N6O3S2/c1-26-11-7-8-13(14(9-11)27-2)24-18(21-22-23-24)28-10-16(25)20-17-19-12-5-3-4-6-15(12)29-17/h7-9H,3-6,10H2,1-2H3,(H,19,20,25). The Morgan fingerprint density at radius 3 is 2.93 bits per heavy atom. The molecule has 4 rings (SSSR count). The summed E-state index contributed by atoms with van der Waals surface area (Å²) in [6, 6.07) is 5.35. The number of nitrogens with one attached hydrogen (secondary N) is 1. The quantitative estimate of drug-likeness (QED) is 0.569. The lowest BCUT2D eigenvalue weighted by molar-refractivity contribution is -0.113. The van der Waals surface area contributed by atoms with Crippen molar-refractivity contribution in [2.24, 2.45) is 0 Å². The Kier molecular flexibility index (Phi) is 5.95. The summed E-state index contributed by atoms with van der Waals surface area (Å²) < 4.78 is 12.2. The van der Waals surface area contributed by atoms with Gasteiger partial charge in [-0.25, -0.2) is 4.98 Å². The maximum absolute atomic E-state index is 12.4. The zero-order valence-electron chi connectivity index (χ0n) is 16.0. The van der Waals surface area contributed by atoms with Gasteiger partial charge in [-0.2, -0.15) is 4.68 Å². The average Bonchev–Trinajstić information content (AvgIpc) is 3.37. The van der Waals surface area contributed by atoms with Crippen molar-refractivity contribution in [2.45, 2.75) is 30.8 Å². The van der Waals surface area contributed by atoms with E-state index < -0.39 is 0 Å². The van der Waals surface area contributed by atoms with Gasteiger partial charge in [0.15, 0.2) is 5.13 Å². The van der Waals surface area contributed by atoms with Crippen LogP contribution >= 0.6 is 23.1 Å². The van der Waals surface area contributed by atoms with Gasteiger partial charge in [0.2, 0.25) is 11.1 Å². The minimum Gasteiger partial charge on any atom is -0.497 e. The first-order chi connectivity index (χ1) is 14.2. The number of amides is 1. The molecule has 0 fully saturated rings. The Morgan fingerprint density at radius 1 is 1.28 bits per heavy atom. The summed E-state index contributed by atoms with van der Waals surface area (Å²) in [6.07, 6.45) is 4.40. The zero-order chi connectivity index (χ0) is 20.2. The van der Waals surface area contributed by atoms with Gasteiger partial charge < -0.3 is 14.8 Å². The lowest BCUT2D eigenvalue weighted by atomic mass is 10.0. The molecule has 1 N–H and O–H groups in total. The lowest BCUT2D eigenvalue weighted by Crippen LogP contribution is -2.14. The molecule has 0 radical (unpaired) electrons. The summed E-state index contributed by atoms with van der Waals surface area (Å²) in [5, 5.41) is 15.8. The van der Waals surface area contributed by atoms with Crippen molar-refractivity contribution in [2.75, 3.05) is 25.3 Å². The van der Waals surface area contributed by atoms with Crippen LogP contribution in [0, 0.1) is 0 Å². The number of fused-ring (bicyclic) bond motifs is 1. The molecular weight excluding hydrogens is 412 g/mol. The van der Waals surface area contributed by atoms with Crippen molar-refractivity contribution in [1.29, 1.82) is 0 Å². The molecule has 0 atom stereocenters. The number of hydrogen-bond donors (Lipinski definition) is 1. The number of anilines is 1. The third-order valence-corrected chi connectivity index (χ3v) is 6.47. The normalized spacial score (nSPS) is 13.0. The highest BCUT2D eigenvalue weighted by molar-refractivity contribution is 7.99. The molecule has 1 aliphatic carbocycles. The van der Waals surface area contributed by atoms with Gasteiger partial charge in [0.25, 0.3) is 0 Å². The fraction of sp³-hybridized carbons (Fsp3) is 0.389. The molecule has 9 nitrogen and oxygen atoms in total. The number of thiazole rings is 1. The molecule has 11 heteroatoms. The van der Waals surface area contributed by atoms with Crippen molar-refractivity contribution < 1.29 is 14.3 Å². The van der Waals surface area contributed by atoms with Gasteiger partial charge in [0, 0.05) is 10.9 Å². The van der Waals surface area contributed by atoms with Crippen LogP contribution in [0.15, 0.2) is 23.4 Å². The molecule has 0 unspecified atom stereocenters. The first-order valence-corrected chi connectivity index (χ1v) is 10.9. The van der Waals surface area contributed by atoms with Crippen LogP contribution in [0.1, 0.15) is 23.4 Å². The van der Waals surface area contributed by atoms with Crippen LogP contribution in [0.4, 0.5) is 5.13 Å². The number of carbonyl (C=O) groups is 1. The van der Waals surface area contributed by atoms with Crippen LogP contribution in [-0.4, -0.2) is 51.1 Å². The van der Waals surface area contributed by atoms with Gasteiger partial charge in [-0.05, 0) is 48.2 Å². The highest BCUT2D eigenvalue weighted by Gasteiger charge is 2.18. The second kappa shape index (κ2) is 8.78. The van der Waals surface area contributed by atoms with E-state index >= 15 is 0 Å². The summed E-state index contributed by atoms with van der Waals surface area (Å²) >= 11 is 2.81. The number of hydrogen-bond acceptors (Lipinski definition) is 9. The number of aromatic nitrogens is 5. The first kappa shape index (κ1) is 19.6. The summed E-state index contributed by atoms with van der Waals surface area (Å²) in [4.78, 5) is 18.2. The molecule has 0 saturated heterocycles. The number of carbonyl (C=O) groups excluding carboxylic acids is 1. The summed E-state index contributed by atoms with van der Waals surface area (Å²) in [5.74, 6) is 1.26. The van der Waals surface area contributed by atoms with E-state index in [0.29, 0.717) is 27.5 Å². The number of benzene rings is 1. The maximum Gasteiger partial charge on any atom is 0.236 e. The van der Waals surface area contributed by atoms with Gasteiger partial charge in [-0.15, -0.1) is 16.4 Å². The molecule has 1 aromatic carbocycles. The van der Waals surface area contributed by atoms with Gasteiger partial charge in [-0.1, -0.05) is 11.8 Å². The Balaban J connectivity index is 1.43. The highest BCUT2D eigenvalue weighted by atomic mass is 32.2. The van der Waals surface area contributed by atoms with Crippen molar-refractivity contribution >= 4 is 34.1 Å². The van der Waals surface area contributed by atoms with Crippen LogP contribution in [0.2, 0.25) is 0 Å². The monoisotopic (exact) mass is 432 g/mol. The third kappa shape index (κ3) is 4.35. The van der Waals surface area contributed by atoms with Crippen molar-refractivity contribution in [1.82, 2.24) is 25.2 Å². The van der Waals surface area contributed by atoms with Crippen LogP contribution in [0.5, 0.6) is 11.5 Å². The lowest BCUT2D eigenvalue weighted by Gasteiger charge is -2.10. The third-order valence-electron chi connectivity index (χ3n) is 4.48. The molecule has 29 heavy (non-hydrogen) atoms. The molecule has 3 aromatic rings. The first-order valence-electron chi connectivity index (χ1n) is 9.10. The maximum atomic E-state index is 12.4. The Labute approximate surface area is 175 Å². The largest absolute Gasteiger partial charge is 0.497 e. The topological polar surface area (TPSA) is 104 Å². The predicted octanol–water partition coefficient (Wildman–Crippen LogP) is 2.75. The fourth-order valence-electron chi connectivity index (χ4n) is 3.07. The Bertz CT molecular complexity index is 995. The number of thioether (sulfide) groups is 1. The summed E-state index contributed by atoms with van der Waals surface area (Å²) in [6.45, 7) is 0. The van der Waals surface area contributed by atoms with E-state index in [2.05, 4.69) is 25.8 Å². The average molecular weight is 433 g/mol. The molecule has 0 saturated carbocycles. The van der Waals surface area contributed by atoms with Crippen molar-refractivity contribution in [3.63, 3.8) is 0 Å². The summed E-state index contributed by atoms with van der Waals surface area (Å²) in [7, 11) is 3.15. The molecule has 1 amide bonds. The van der Waals surface area contributed by atoms with Crippen LogP contribution < -0.4 is 14.8 Å². The van der Waals surface area contributed by atoms with E-state index in [9.17, 15) is 4.79 Å². The predicted molar refractivity (Wildman–Crippen MR) is 110 cm³/mol. The Morgan fingerprint density at radius 2 is 2.14 bits per heavy atom. The van der Waals surface area contributed by atoms with E-state index in [1.165, 1.54) is 27.7 Å². The zero-order valence-corrected chi connectivity index (χ0v) is 17.7. The van der Waals surface area contributed by atoms with Crippen LogP contribution in [0.3, 0.4) is 0 Å². The Hall–Kier alpha value is -2.66. The second-order valence-electron chi connectivity index (χ2n) is 6.34. The number of ether oxygens (including phenoxy) is 2. The fourth-order valence-corrected chi connectivity index (χ4v) is 4.82. The van der Waals surface area contributed by atoms with Crippen LogP contribution in [0.25, 0.3) is 5.69 Å². The molecule has 0 aliphatic heterocycles. The number of nitrogens with zero attached hydrogens (tertiary/aromatic N) is 5. The molecule has 152 valence electrons. The van der Waals surface area contributed by atoms with Crippen molar-refractivity contribution in [3.8, 4) is 17.2 Å². The minimum absolute atomic E-state index is 0.141. The molecular formula is C18H20N6O3S2. The van der Waals surface area contributed by atoms with E-state index in [1.54, 1.807) is 43.8 Å². The van der Waals surface area contributed by atoms with Gasteiger partial charge in [0.1, 0.15) is 17.2 Å². The molecule has 2 heterocycles. The molecule has 1 aliphatic rings. The molecule has 2 aromatic heterocycles. The van der Waals surface area contributed by atoms with Gasteiger partial charge >= 0.3 is 0 Å². The SMILES string of the molecule is COc1ccc(-n2nnnc2SCC(=O)Nc2nc3c(s2)CCCC3)c(OC)c1. The smallest absolute Gasteiger partial charge is 0.236 e. The van der Waals surface area contributed by atoms with E-state index in [1.807, 2.05) is 0 Å². The highest BCUT2D eigenvalue weighted by Crippen LogP contribution is 2.31.